The predicted octanol–water partition coefficient (Wildman–Crippen LogP) is 2.06. The number of benzene rings is 1. The van der Waals surface area contributed by atoms with Gasteiger partial charge in [-0.1, -0.05) is 0 Å². The molecule has 190 valence electrons. The first-order chi connectivity index (χ1) is 17.7. The van der Waals surface area contributed by atoms with E-state index in [2.05, 4.69) is 25.5 Å². The molecule has 10 heteroatoms. The summed E-state index contributed by atoms with van der Waals surface area (Å²) >= 11 is 0. The normalized spacial score (nSPS) is 18.7. The lowest BCUT2D eigenvalue weighted by atomic mass is 10.1. The van der Waals surface area contributed by atoms with Crippen molar-refractivity contribution in [2.45, 2.75) is 25.3 Å². The van der Waals surface area contributed by atoms with Crippen molar-refractivity contribution in [1.82, 2.24) is 25.2 Å². The number of carbonyl (C=O) groups is 1. The number of nitrogens with two attached hydrogens (primary N) is 1. The van der Waals surface area contributed by atoms with Crippen LogP contribution in [0.2, 0.25) is 0 Å². The van der Waals surface area contributed by atoms with E-state index in [0.717, 1.165) is 76.5 Å². The van der Waals surface area contributed by atoms with E-state index in [0.29, 0.717) is 34.7 Å². The maximum atomic E-state index is 12.3. The van der Waals surface area contributed by atoms with Gasteiger partial charge in [-0.3, -0.25) is 9.69 Å². The Morgan fingerprint density at radius 1 is 1.19 bits per heavy atom. The molecule has 3 aromatic rings. The molecule has 2 aliphatic rings. The lowest BCUT2D eigenvalue weighted by Gasteiger charge is -2.26. The van der Waals surface area contributed by atoms with E-state index in [4.69, 9.17) is 20.2 Å². The summed E-state index contributed by atoms with van der Waals surface area (Å²) < 4.78 is 11.3. The smallest absolute Gasteiger partial charge is 0.251 e. The van der Waals surface area contributed by atoms with Gasteiger partial charge in [0.25, 0.3) is 5.91 Å². The number of pyridine rings is 1. The molecule has 5 rings (SSSR count). The molecule has 0 unspecified atom stereocenters. The third kappa shape index (κ3) is 5.89. The molecule has 0 bridgehead atoms. The summed E-state index contributed by atoms with van der Waals surface area (Å²) in [4.78, 5) is 28.3. The van der Waals surface area contributed by atoms with Gasteiger partial charge in [-0.05, 0) is 56.1 Å². The molecule has 2 aromatic heterocycles. The van der Waals surface area contributed by atoms with Crippen LogP contribution in [0, 0.1) is 0 Å². The number of nitrogens with one attached hydrogen (secondary N) is 2. The van der Waals surface area contributed by atoms with Gasteiger partial charge in [-0.15, -0.1) is 0 Å². The molecule has 0 spiro atoms. The molecule has 2 aliphatic heterocycles. The van der Waals surface area contributed by atoms with E-state index in [1.807, 2.05) is 24.3 Å². The zero-order chi connectivity index (χ0) is 24.7. The van der Waals surface area contributed by atoms with Crippen LogP contribution in [-0.4, -0.2) is 84.3 Å². The average molecular weight is 492 g/mol. The van der Waals surface area contributed by atoms with Crippen LogP contribution in [0.4, 0.5) is 5.82 Å². The molecule has 0 aliphatic carbocycles. The van der Waals surface area contributed by atoms with Crippen molar-refractivity contribution >= 4 is 22.8 Å². The molecule has 0 saturated carbocycles. The largest absolute Gasteiger partial charge is 0.494 e. The highest BCUT2D eigenvalue weighted by Gasteiger charge is 2.19. The minimum absolute atomic E-state index is 0.235. The summed E-state index contributed by atoms with van der Waals surface area (Å²) in [5.74, 6) is 0.859. The Hall–Kier alpha value is -3.34. The van der Waals surface area contributed by atoms with Crippen molar-refractivity contribution in [3.8, 4) is 17.0 Å². The quantitative estimate of drug-likeness (QED) is 0.385. The number of ether oxygens (including phenoxy) is 2. The van der Waals surface area contributed by atoms with Gasteiger partial charge in [-0.25, -0.2) is 15.0 Å². The standard InChI is InChI=1S/C26H33N7O3/c27-25(34)21-15-22(32-24-23(21)29-17-30-26(24)31-19-3-1-8-28-16-19)18-4-6-20(7-5-18)36-12-2-9-33-10-13-35-14-11-33/h4-7,15,17,19,28H,1-3,8-14,16H2,(H2,27,34)(H,29,30,31)/t19-/m0/s1. The highest BCUT2D eigenvalue weighted by Crippen LogP contribution is 2.28. The van der Waals surface area contributed by atoms with Gasteiger partial charge in [0.05, 0.1) is 31.1 Å². The number of morpholine rings is 1. The third-order valence-electron chi connectivity index (χ3n) is 6.64. The molecule has 1 amide bonds. The van der Waals surface area contributed by atoms with E-state index in [-0.39, 0.29) is 6.04 Å². The Labute approximate surface area is 210 Å². The molecule has 4 N–H and O–H groups in total. The van der Waals surface area contributed by atoms with E-state index in [1.165, 1.54) is 6.33 Å². The predicted molar refractivity (Wildman–Crippen MR) is 138 cm³/mol. The molecular formula is C26H33N7O3. The molecule has 10 nitrogen and oxygen atoms in total. The van der Waals surface area contributed by atoms with Crippen LogP contribution in [0.1, 0.15) is 29.6 Å². The third-order valence-corrected chi connectivity index (χ3v) is 6.64. The van der Waals surface area contributed by atoms with Crippen LogP contribution in [0.25, 0.3) is 22.3 Å². The topological polar surface area (TPSA) is 128 Å². The average Bonchev–Trinajstić information content (AvgIpc) is 2.92. The lowest BCUT2D eigenvalue weighted by Crippen LogP contribution is -2.38. The van der Waals surface area contributed by atoms with Crippen molar-refractivity contribution in [1.29, 1.82) is 0 Å². The summed E-state index contributed by atoms with van der Waals surface area (Å²) in [5.41, 5.74) is 8.52. The van der Waals surface area contributed by atoms with Gasteiger partial charge in [0.1, 0.15) is 23.1 Å². The maximum Gasteiger partial charge on any atom is 0.251 e. The zero-order valence-electron chi connectivity index (χ0n) is 20.4. The minimum atomic E-state index is -0.548. The molecule has 1 atom stereocenters. The summed E-state index contributed by atoms with van der Waals surface area (Å²) in [6.07, 6.45) is 4.53. The number of anilines is 1. The Bertz CT molecular complexity index is 1180. The van der Waals surface area contributed by atoms with Crippen LogP contribution in [-0.2, 0) is 4.74 Å². The van der Waals surface area contributed by atoms with Gasteiger partial charge in [-0.2, -0.15) is 0 Å². The van der Waals surface area contributed by atoms with Crippen molar-refractivity contribution in [3.05, 3.63) is 42.2 Å². The SMILES string of the molecule is NC(=O)c1cc(-c2ccc(OCCCN3CCOCC3)cc2)nc2c(N[C@H]3CCCNC3)ncnc12. The zero-order valence-corrected chi connectivity index (χ0v) is 20.4. The number of rotatable bonds is 9. The second-order valence-corrected chi connectivity index (χ2v) is 9.21. The first kappa shape index (κ1) is 24.4. The highest BCUT2D eigenvalue weighted by molar-refractivity contribution is 6.06. The van der Waals surface area contributed by atoms with Gasteiger partial charge in [0, 0.05) is 37.8 Å². The fourth-order valence-corrected chi connectivity index (χ4v) is 4.67. The first-order valence-corrected chi connectivity index (χ1v) is 12.6. The molecule has 4 heterocycles. The van der Waals surface area contributed by atoms with Gasteiger partial charge >= 0.3 is 0 Å². The van der Waals surface area contributed by atoms with Crippen molar-refractivity contribution in [2.75, 3.05) is 57.9 Å². The number of amides is 1. The number of hydrogen-bond acceptors (Lipinski definition) is 9. The number of nitrogens with zero attached hydrogens (tertiary/aromatic N) is 4. The van der Waals surface area contributed by atoms with Crippen molar-refractivity contribution in [3.63, 3.8) is 0 Å². The minimum Gasteiger partial charge on any atom is -0.494 e. The van der Waals surface area contributed by atoms with Crippen LogP contribution in [0.15, 0.2) is 36.7 Å². The monoisotopic (exact) mass is 491 g/mol. The number of primary amides is 1. The van der Waals surface area contributed by atoms with Gasteiger partial charge in [0.15, 0.2) is 5.82 Å². The molecule has 2 saturated heterocycles. The van der Waals surface area contributed by atoms with Gasteiger partial charge in [0.2, 0.25) is 0 Å². The molecule has 1 aromatic carbocycles. The van der Waals surface area contributed by atoms with Crippen LogP contribution >= 0.6 is 0 Å². The number of carbonyl (C=O) groups excluding carboxylic acids is 1. The maximum absolute atomic E-state index is 12.3. The van der Waals surface area contributed by atoms with Crippen LogP contribution in [0.3, 0.4) is 0 Å². The van der Waals surface area contributed by atoms with Crippen molar-refractivity contribution in [2.24, 2.45) is 5.73 Å². The fraction of sp³-hybridized carbons (Fsp3) is 0.462. The van der Waals surface area contributed by atoms with Gasteiger partial charge < -0.3 is 25.8 Å². The summed E-state index contributed by atoms with van der Waals surface area (Å²) in [7, 11) is 0. The second kappa shape index (κ2) is 11.6. The number of fused-ring (bicyclic) bond motifs is 1. The molecule has 36 heavy (non-hydrogen) atoms. The van der Waals surface area contributed by atoms with Crippen molar-refractivity contribution < 1.29 is 14.3 Å². The van der Waals surface area contributed by atoms with E-state index in [9.17, 15) is 4.79 Å². The second-order valence-electron chi connectivity index (χ2n) is 9.21. The van der Waals surface area contributed by atoms with E-state index in [1.54, 1.807) is 6.07 Å². The molecule has 0 radical (unpaired) electrons. The van der Waals surface area contributed by atoms with Crippen LogP contribution in [0.5, 0.6) is 5.75 Å². The molecular weight excluding hydrogens is 458 g/mol. The number of piperidine rings is 1. The van der Waals surface area contributed by atoms with Crippen LogP contribution < -0.4 is 21.1 Å². The first-order valence-electron chi connectivity index (χ1n) is 12.6. The number of aromatic nitrogens is 3. The van der Waals surface area contributed by atoms with E-state index >= 15 is 0 Å². The Morgan fingerprint density at radius 2 is 2.03 bits per heavy atom. The Morgan fingerprint density at radius 3 is 2.78 bits per heavy atom. The number of hydrogen-bond donors (Lipinski definition) is 3. The Kier molecular flexibility index (Phi) is 7.85. The molecule has 2 fully saturated rings. The Balaban J connectivity index is 1.32. The summed E-state index contributed by atoms with van der Waals surface area (Å²) in [6, 6.07) is 9.67. The summed E-state index contributed by atoms with van der Waals surface area (Å²) in [6.45, 7) is 7.12. The highest BCUT2D eigenvalue weighted by atomic mass is 16.5. The summed E-state index contributed by atoms with van der Waals surface area (Å²) in [5, 5.41) is 6.86. The lowest BCUT2D eigenvalue weighted by molar-refractivity contribution is 0.0358. The fourth-order valence-electron chi connectivity index (χ4n) is 4.67. The van der Waals surface area contributed by atoms with E-state index < -0.39 is 5.91 Å².